The van der Waals surface area contributed by atoms with E-state index in [2.05, 4.69) is 5.32 Å². The maximum absolute atomic E-state index is 13.6. The van der Waals surface area contributed by atoms with Gasteiger partial charge in [-0.25, -0.2) is 9.18 Å². The van der Waals surface area contributed by atoms with E-state index in [0.29, 0.717) is 31.3 Å². The molecule has 1 saturated heterocycles. The predicted molar refractivity (Wildman–Crippen MR) is 73.6 cm³/mol. The van der Waals surface area contributed by atoms with E-state index in [4.69, 9.17) is 21.1 Å². The van der Waals surface area contributed by atoms with Gasteiger partial charge < -0.3 is 19.7 Å². The van der Waals surface area contributed by atoms with Gasteiger partial charge in [-0.3, -0.25) is 0 Å². The Kier molecular flexibility index (Phi) is 5.17. The van der Waals surface area contributed by atoms with Crippen LogP contribution in [0.5, 0.6) is 0 Å². The van der Waals surface area contributed by atoms with Gasteiger partial charge in [-0.15, -0.1) is 0 Å². The minimum Gasteiger partial charge on any atom is -0.382 e. The topological polar surface area (TPSA) is 50.8 Å². The van der Waals surface area contributed by atoms with Crippen molar-refractivity contribution in [1.29, 1.82) is 0 Å². The van der Waals surface area contributed by atoms with Gasteiger partial charge in [0.2, 0.25) is 0 Å². The molecule has 0 spiro atoms. The number of hydrogen-bond acceptors (Lipinski definition) is 3. The SMILES string of the molecule is COCC1CN(C(=O)Nc2cc(Cl)ccc2F)CCO1. The van der Waals surface area contributed by atoms with Gasteiger partial charge in [0.15, 0.2) is 0 Å². The lowest BCUT2D eigenvalue weighted by Gasteiger charge is -2.32. The smallest absolute Gasteiger partial charge is 0.322 e. The summed E-state index contributed by atoms with van der Waals surface area (Å²) in [6.07, 6.45) is -0.163. The molecule has 1 aromatic carbocycles. The Labute approximate surface area is 121 Å². The van der Waals surface area contributed by atoms with Gasteiger partial charge in [0, 0.05) is 18.7 Å². The van der Waals surface area contributed by atoms with E-state index < -0.39 is 5.82 Å². The molecule has 1 unspecified atom stereocenters. The molecule has 1 heterocycles. The molecule has 1 atom stereocenters. The van der Waals surface area contributed by atoms with Crippen LogP contribution in [0.2, 0.25) is 5.02 Å². The third-order valence-electron chi connectivity index (χ3n) is 2.95. The molecule has 0 saturated carbocycles. The van der Waals surface area contributed by atoms with Gasteiger partial charge in [-0.1, -0.05) is 11.6 Å². The summed E-state index contributed by atoms with van der Waals surface area (Å²) in [5, 5.41) is 2.88. The second-order valence-corrected chi connectivity index (χ2v) is 4.88. The number of morpholine rings is 1. The number of carbonyl (C=O) groups excluding carboxylic acids is 1. The Morgan fingerprint density at radius 3 is 3.20 bits per heavy atom. The Balaban J connectivity index is 1.99. The van der Waals surface area contributed by atoms with Crippen molar-refractivity contribution in [3.05, 3.63) is 29.0 Å². The highest BCUT2D eigenvalue weighted by atomic mass is 35.5. The summed E-state index contributed by atoms with van der Waals surface area (Å²) in [5.41, 5.74) is 0.0669. The molecule has 0 aromatic heterocycles. The first kappa shape index (κ1) is 15.0. The molecular formula is C13H16ClFN2O3. The minimum atomic E-state index is -0.524. The summed E-state index contributed by atoms with van der Waals surface area (Å²) in [7, 11) is 1.57. The minimum absolute atomic E-state index is 0.0669. The van der Waals surface area contributed by atoms with Gasteiger partial charge in [0.05, 0.1) is 31.5 Å². The zero-order chi connectivity index (χ0) is 14.5. The highest BCUT2D eigenvalue weighted by Gasteiger charge is 2.24. The number of halogens is 2. The fraction of sp³-hybridized carbons (Fsp3) is 0.462. The van der Waals surface area contributed by atoms with E-state index in [1.54, 1.807) is 12.0 Å². The van der Waals surface area contributed by atoms with Crippen LogP contribution in [0, 0.1) is 5.82 Å². The molecule has 2 amide bonds. The molecule has 110 valence electrons. The van der Waals surface area contributed by atoms with Crippen LogP contribution in [0.25, 0.3) is 0 Å². The molecule has 2 rings (SSSR count). The molecule has 0 bridgehead atoms. The number of amides is 2. The molecule has 1 aromatic rings. The van der Waals surface area contributed by atoms with Crippen LogP contribution >= 0.6 is 11.6 Å². The van der Waals surface area contributed by atoms with Crippen molar-refractivity contribution in [2.24, 2.45) is 0 Å². The summed E-state index contributed by atoms with van der Waals surface area (Å²) in [5.74, 6) is -0.524. The lowest BCUT2D eigenvalue weighted by molar-refractivity contribution is -0.0481. The molecule has 1 aliphatic rings. The molecule has 20 heavy (non-hydrogen) atoms. The normalized spacial score (nSPS) is 18.9. The van der Waals surface area contributed by atoms with Crippen molar-refractivity contribution < 1.29 is 18.7 Å². The van der Waals surface area contributed by atoms with Crippen LogP contribution in [0.4, 0.5) is 14.9 Å². The zero-order valence-corrected chi connectivity index (χ0v) is 11.8. The van der Waals surface area contributed by atoms with Gasteiger partial charge in [-0.05, 0) is 18.2 Å². The molecule has 0 radical (unpaired) electrons. The van der Waals surface area contributed by atoms with Crippen LogP contribution in [0.3, 0.4) is 0 Å². The fourth-order valence-corrected chi connectivity index (χ4v) is 2.15. The number of nitrogens with one attached hydrogen (secondary N) is 1. The first-order chi connectivity index (χ1) is 9.60. The quantitative estimate of drug-likeness (QED) is 0.932. The Bertz CT molecular complexity index is 485. The molecule has 1 N–H and O–H groups in total. The van der Waals surface area contributed by atoms with Crippen molar-refractivity contribution in [1.82, 2.24) is 4.90 Å². The third-order valence-corrected chi connectivity index (χ3v) is 3.18. The van der Waals surface area contributed by atoms with Crippen LogP contribution in [0.15, 0.2) is 18.2 Å². The van der Waals surface area contributed by atoms with Crippen molar-refractivity contribution in [3.63, 3.8) is 0 Å². The molecule has 7 heteroatoms. The number of carbonyl (C=O) groups is 1. The van der Waals surface area contributed by atoms with Crippen molar-refractivity contribution in [2.45, 2.75) is 6.10 Å². The second-order valence-electron chi connectivity index (χ2n) is 4.45. The standard InChI is InChI=1S/C13H16ClFN2O3/c1-19-8-10-7-17(4-5-20-10)13(18)16-12-6-9(14)2-3-11(12)15/h2-3,6,10H,4-5,7-8H2,1H3,(H,16,18). The molecule has 5 nitrogen and oxygen atoms in total. The highest BCUT2D eigenvalue weighted by Crippen LogP contribution is 2.20. The Hall–Kier alpha value is -1.37. The number of methoxy groups -OCH3 is 1. The second kappa shape index (κ2) is 6.88. The number of benzene rings is 1. The summed E-state index contributed by atoms with van der Waals surface area (Å²) >= 11 is 5.78. The first-order valence-corrected chi connectivity index (χ1v) is 6.59. The first-order valence-electron chi connectivity index (χ1n) is 6.21. The van der Waals surface area contributed by atoms with Crippen molar-refractivity contribution in [3.8, 4) is 0 Å². The van der Waals surface area contributed by atoms with Gasteiger partial charge in [0.1, 0.15) is 5.82 Å². The van der Waals surface area contributed by atoms with E-state index in [1.807, 2.05) is 0 Å². The van der Waals surface area contributed by atoms with Gasteiger partial charge in [0.25, 0.3) is 0 Å². The summed E-state index contributed by atoms with van der Waals surface area (Å²) < 4.78 is 24.0. The number of rotatable bonds is 3. The van der Waals surface area contributed by atoms with Crippen LogP contribution in [-0.4, -0.2) is 50.4 Å². The maximum Gasteiger partial charge on any atom is 0.322 e. The largest absolute Gasteiger partial charge is 0.382 e. The van der Waals surface area contributed by atoms with E-state index >= 15 is 0 Å². The Morgan fingerprint density at radius 2 is 2.45 bits per heavy atom. The van der Waals surface area contributed by atoms with Crippen molar-refractivity contribution in [2.75, 3.05) is 38.7 Å². The van der Waals surface area contributed by atoms with E-state index in [9.17, 15) is 9.18 Å². The summed E-state index contributed by atoms with van der Waals surface area (Å²) in [4.78, 5) is 13.7. The average Bonchev–Trinajstić information content (AvgIpc) is 2.43. The monoisotopic (exact) mass is 302 g/mol. The average molecular weight is 303 g/mol. The summed E-state index contributed by atoms with van der Waals surface area (Å²) in [6.45, 7) is 1.70. The maximum atomic E-state index is 13.6. The molecule has 0 aliphatic carbocycles. The summed E-state index contributed by atoms with van der Waals surface area (Å²) in [6, 6.07) is 3.64. The third kappa shape index (κ3) is 3.82. The van der Waals surface area contributed by atoms with Gasteiger partial charge >= 0.3 is 6.03 Å². The van der Waals surface area contributed by atoms with Gasteiger partial charge in [-0.2, -0.15) is 0 Å². The van der Waals surface area contributed by atoms with Crippen LogP contribution in [-0.2, 0) is 9.47 Å². The number of urea groups is 1. The lowest BCUT2D eigenvalue weighted by Crippen LogP contribution is -2.48. The number of nitrogens with zero attached hydrogens (tertiary/aromatic N) is 1. The van der Waals surface area contributed by atoms with E-state index in [-0.39, 0.29) is 17.8 Å². The van der Waals surface area contributed by atoms with Crippen LogP contribution < -0.4 is 5.32 Å². The van der Waals surface area contributed by atoms with E-state index in [0.717, 1.165) is 0 Å². The van der Waals surface area contributed by atoms with Crippen molar-refractivity contribution >= 4 is 23.3 Å². The predicted octanol–water partition coefficient (Wildman–Crippen LogP) is 2.36. The van der Waals surface area contributed by atoms with Crippen LogP contribution in [0.1, 0.15) is 0 Å². The molecule has 1 fully saturated rings. The highest BCUT2D eigenvalue weighted by molar-refractivity contribution is 6.30. The fourth-order valence-electron chi connectivity index (χ4n) is 1.98. The molecular weight excluding hydrogens is 287 g/mol. The molecule has 1 aliphatic heterocycles. The number of ether oxygens (including phenoxy) is 2. The lowest BCUT2D eigenvalue weighted by atomic mass is 10.3. The van der Waals surface area contributed by atoms with E-state index in [1.165, 1.54) is 18.2 Å². The number of anilines is 1. The zero-order valence-electron chi connectivity index (χ0n) is 11.1. The number of hydrogen-bond donors (Lipinski definition) is 1. The Morgan fingerprint density at radius 1 is 1.65 bits per heavy atom.